The van der Waals surface area contributed by atoms with Crippen molar-refractivity contribution in [2.45, 2.75) is 119 Å². The summed E-state index contributed by atoms with van der Waals surface area (Å²) in [7, 11) is 0. The van der Waals surface area contributed by atoms with Gasteiger partial charge < -0.3 is 33.8 Å². The Bertz CT molecular complexity index is 3830. The fraction of sp³-hybridized carbons (Fsp3) is 0.265. The maximum atomic E-state index is 12.0. The highest BCUT2D eigenvalue weighted by molar-refractivity contribution is 5.84. The zero-order valence-corrected chi connectivity index (χ0v) is 54.0. The fourth-order valence-corrected chi connectivity index (χ4v) is 13.6. The maximum absolute atomic E-state index is 12.0. The standard InChI is InChI=1S/C83H83N5O7/c1-63(89)56-57-74(90)91-58-36-7-5-3-2-4-6-8-37-59-92-76-73(60-93-82(67-44-24-12-25-45-67,68-46-26-13-27-47-68)69-48-28-14-29-49-69)94-80(77(76)95-83(70-50-30-15-31-51-70,71-52-32-16-33-53-71)72-54-34-17-35-55-72)88-62-86-75-78(84-61-85-79(75)88)87-81(64-38-18-9-19-39-64,65-40-20-10-21-41-65)66-42-22-11-23-43-66/h9-35,38-55,61-62,73,76-77,80H,2-8,36-37,56-60H2,1H3,(H,84,85,87)/t73-,76-,77-,80-/m1/s1. The van der Waals surface area contributed by atoms with Crippen LogP contribution in [0.4, 0.5) is 5.82 Å². The third kappa shape index (κ3) is 14.8. The van der Waals surface area contributed by atoms with Crippen molar-refractivity contribution in [2.24, 2.45) is 0 Å². The van der Waals surface area contributed by atoms with Crippen molar-refractivity contribution in [2.75, 3.05) is 25.1 Å². The van der Waals surface area contributed by atoms with Gasteiger partial charge in [-0.15, -0.1) is 0 Å². The number of unbranched alkanes of at least 4 members (excludes halogenated alkanes) is 8. The van der Waals surface area contributed by atoms with Crippen molar-refractivity contribution >= 4 is 28.7 Å². The van der Waals surface area contributed by atoms with E-state index >= 15 is 0 Å². The second-order valence-electron chi connectivity index (χ2n) is 24.5. The molecule has 12 rings (SSSR count). The van der Waals surface area contributed by atoms with Crippen LogP contribution in [0.5, 0.6) is 0 Å². The van der Waals surface area contributed by atoms with Gasteiger partial charge >= 0.3 is 5.97 Å². The number of esters is 1. The molecule has 0 spiro atoms. The Morgan fingerprint density at radius 1 is 0.442 bits per heavy atom. The van der Waals surface area contributed by atoms with E-state index in [9.17, 15) is 9.59 Å². The number of carbonyl (C=O) groups excluding carboxylic acids is 2. The number of carbonyl (C=O) groups is 2. The topological polar surface area (TPSA) is 136 Å². The number of hydrogen-bond acceptors (Lipinski definition) is 11. The predicted octanol–water partition coefficient (Wildman–Crippen LogP) is 17.3. The maximum Gasteiger partial charge on any atom is 0.306 e. The first-order valence-corrected chi connectivity index (χ1v) is 33.6. The number of benzene rings is 9. The number of anilines is 1. The summed E-state index contributed by atoms with van der Waals surface area (Å²) < 4.78 is 38.7. The predicted molar refractivity (Wildman–Crippen MR) is 373 cm³/mol. The number of aromatic nitrogens is 4. The molecule has 1 aliphatic rings. The molecule has 0 radical (unpaired) electrons. The SMILES string of the molecule is CC(=O)CCC(=O)OCCCCCCCCCCCO[C@H]1[C@@H](OC(c2ccccc2)(c2ccccc2)c2ccccc2)[C@H](n2cnc3c(NC(c4ccccc4)(c4ccccc4)c4ccccc4)ncnc32)O[C@@H]1COC(c1ccccc1)(c1ccccc1)c1ccccc1. The molecule has 0 unspecified atom stereocenters. The molecule has 2 aromatic heterocycles. The molecule has 3 heterocycles. The van der Waals surface area contributed by atoms with Gasteiger partial charge in [0.15, 0.2) is 23.2 Å². The van der Waals surface area contributed by atoms with E-state index in [2.05, 4.69) is 224 Å². The molecule has 0 saturated carbocycles. The summed E-state index contributed by atoms with van der Waals surface area (Å²) in [5.41, 5.74) is 6.58. The Morgan fingerprint density at radius 3 is 1.23 bits per heavy atom. The number of ether oxygens (including phenoxy) is 5. The first kappa shape index (κ1) is 65.4. The number of nitrogens with zero attached hydrogens (tertiary/aromatic N) is 4. The number of hydrogen-bond donors (Lipinski definition) is 1. The molecule has 95 heavy (non-hydrogen) atoms. The Morgan fingerprint density at radius 2 is 0.821 bits per heavy atom. The normalized spacial score (nSPS) is 15.8. The molecule has 11 aromatic rings. The van der Waals surface area contributed by atoms with E-state index in [0.717, 1.165) is 108 Å². The molecule has 12 heteroatoms. The highest BCUT2D eigenvalue weighted by atomic mass is 16.6. The van der Waals surface area contributed by atoms with Crippen LogP contribution in [0.25, 0.3) is 11.2 Å². The van der Waals surface area contributed by atoms with E-state index in [-0.39, 0.29) is 31.2 Å². The molecule has 1 aliphatic heterocycles. The Hall–Kier alpha value is -9.69. The first-order chi connectivity index (χ1) is 46.9. The van der Waals surface area contributed by atoms with Gasteiger partial charge in [0.2, 0.25) is 0 Å². The fourth-order valence-electron chi connectivity index (χ4n) is 13.6. The summed E-state index contributed by atoms with van der Waals surface area (Å²) in [5, 5.41) is 4.01. The average molecular weight is 1260 g/mol. The van der Waals surface area contributed by atoms with Gasteiger partial charge in [0.05, 0.1) is 26.0 Å². The molecule has 4 atom stereocenters. The van der Waals surface area contributed by atoms with Crippen LogP contribution in [0.2, 0.25) is 0 Å². The number of fused-ring (bicyclic) bond motifs is 1. The summed E-state index contributed by atoms with van der Waals surface area (Å²) in [6.07, 6.45) is 9.61. The summed E-state index contributed by atoms with van der Waals surface area (Å²) in [6.45, 7) is 2.40. The largest absolute Gasteiger partial charge is 0.466 e. The van der Waals surface area contributed by atoms with Crippen molar-refractivity contribution in [1.29, 1.82) is 0 Å². The van der Waals surface area contributed by atoms with Crippen molar-refractivity contribution < 1.29 is 33.3 Å². The second-order valence-corrected chi connectivity index (χ2v) is 24.5. The quantitative estimate of drug-likeness (QED) is 0.0239. The van der Waals surface area contributed by atoms with E-state index in [4.69, 9.17) is 38.6 Å². The van der Waals surface area contributed by atoms with Gasteiger partial charge in [-0.2, -0.15) is 0 Å². The first-order valence-electron chi connectivity index (χ1n) is 33.6. The third-order valence-electron chi connectivity index (χ3n) is 18.2. The van der Waals surface area contributed by atoms with Gasteiger partial charge in [0.25, 0.3) is 0 Å². The zero-order valence-electron chi connectivity index (χ0n) is 54.0. The highest BCUT2D eigenvalue weighted by Gasteiger charge is 2.54. The van der Waals surface area contributed by atoms with E-state index < -0.39 is 41.3 Å². The van der Waals surface area contributed by atoms with E-state index in [0.29, 0.717) is 30.2 Å². The minimum atomic E-state index is -1.21. The molecule has 1 saturated heterocycles. The molecular weight excluding hydrogens is 1180 g/mol. The van der Waals surface area contributed by atoms with Crippen LogP contribution in [0.1, 0.15) is 134 Å². The van der Waals surface area contributed by atoms with Crippen LogP contribution < -0.4 is 5.32 Å². The van der Waals surface area contributed by atoms with Gasteiger partial charge in [-0.25, -0.2) is 15.0 Å². The van der Waals surface area contributed by atoms with Crippen LogP contribution in [-0.4, -0.2) is 69.4 Å². The van der Waals surface area contributed by atoms with Gasteiger partial charge in [-0.3, -0.25) is 9.36 Å². The lowest BCUT2D eigenvalue weighted by Crippen LogP contribution is -2.46. The molecule has 9 aromatic carbocycles. The summed E-state index contributed by atoms with van der Waals surface area (Å²) in [4.78, 5) is 38.8. The minimum absolute atomic E-state index is 0.00305. The number of ketones is 1. The second kappa shape index (κ2) is 32.0. The molecule has 0 amide bonds. The molecule has 12 nitrogen and oxygen atoms in total. The Balaban J connectivity index is 0.941. The summed E-state index contributed by atoms with van der Waals surface area (Å²) >= 11 is 0. The molecule has 0 bridgehead atoms. The monoisotopic (exact) mass is 1260 g/mol. The van der Waals surface area contributed by atoms with E-state index in [1.807, 2.05) is 65.5 Å². The highest BCUT2D eigenvalue weighted by Crippen LogP contribution is 2.49. The number of imidazole rings is 1. The van der Waals surface area contributed by atoms with Crippen molar-refractivity contribution in [3.63, 3.8) is 0 Å². The van der Waals surface area contributed by atoms with Crippen LogP contribution in [0.15, 0.2) is 286 Å². The lowest BCUT2D eigenvalue weighted by Gasteiger charge is -2.40. The number of Topliss-reactive ketones (excluding diaryl/α,β-unsaturated/α-hetero) is 1. The Labute approximate surface area is 558 Å². The lowest BCUT2D eigenvalue weighted by atomic mass is 9.77. The molecular formula is C83H83N5O7. The minimum Gasteiger partial charge on any atom is -0.466 e. The van der Waals surface area contributed by atoms with Crippen molar-refractivity contribution in [3.8, 4) is 0 Å². The van der Waals surface area contributed by atoms with Gasteiger partial charge in [-0.05, 0) is 69.8 Å². The van der Waals surface area contributed by atoms with Crippen LogP contribution in [-0.2, 0) is 50.0 Å². The number of rotatable bonds is 33. The van der Waals surface area contributed by atoms with E-state index in [1.165, 1.54) is 6.92 Å². The van der Waals surface area contributed by atoms with Crippen molar-refractivity contribution in [1.82, 2.24) is 19.5 Å². The third-order valence-corrected chi connectivity index (χ3v) is 18.2. The molecule has 1 fully saturated rings. The summed E-state index contributed by atoms with van der Waals surface area (Å²) in [6, 6.07) is 94.1. The number of nitrogens with one attached hydrogen (secondary N) is 1. The van der Waals surface area contributed by atoms with Crippen LogP contribution in [0, 0.1) is 0 Å². The van der Waals surface area contributed by atoms with Crippen LogP contribution in [0.3, 0.4) is 0 Å². The molecule has 482 valence electrons. The molecule has 0 aliphatic carbocycles. The summed E-state index contributed by atoms with van der Waals surface area (Å²) in [5.74, 6) is 0.224. The Kier molecular flexibility index (Phi) is 22.0. The zero-order chi connectivity index (χ0) is 65.0. The average Bonchev–Trinajstić information content (AvgIpc) is 1.72. The van der Waals surface area contributed by atoms with Gasteiger partial charge in [0, 0.05) is 13.0 Å². The van der Waals surface area contributed by atoms with Gasteiger partial charge in [0.1, 0.15) is 47.2 Å². The lowest BCUT2D eigenvalue weighted by molar-refractivity contribution is -0.144. The van der Waals surface area contributed by atoms with Crippen LogP contribution >= 0.6 is 0 Å². The molecule has 1 N–H and O–H groups in total. The van der Waals surface area contributed by atoms with Crippen molar-refractivity contribution in [3.05, 3.63) is 336 Å². The smallest absolute Gasteiger partial charge is 0.306 e. The van der Waals surface area contributed by atoms with Gasteiger partial charge in [-0.1, -0.05) is 318 Å². The van der Waals surface area contributed by atoms with E-state index in [1.54, 1.807) is 6.33 Å².